The van der Waals surface area contributed by atoms with Gasteiger partial charge in [-0.1, -0.05) is 12.1 Å². The highest BCUT2D eigenvalue weighted by Gasteiger charge is 2.43. The molecule has 1 N–H and O–H groups in total. The first-order valence-electron chi connectivity index (χ1n) is 13.6. The summed E-state index contributed by atoms with van der Waals surface area (Å²) in [5.41, 5.74) is -0.575. The lowest BCUT2D eigenvalue weighted by molar-refractivity contribution is -0.148. The number of nitrogens with zero attached hydrogens (tertiary/aromatic N) is 4. The molecule has 0 aliphatic carbocycles. The van der Waals surface area contributed by atoms with Crippen molar-refractivity contribution in [3.05, 3.63) is 76.6 Å². The minimum atomic E-state index is -4.78. The first kappa shape index (κ1) is 32.6. The van der Waals surface area contributed by atoms with Gasteiger partial charge in [0.1, 0.15) is 17.2 Å². The second-order valence-corrected chi connectivity index (χ2v) is 11.3. The maximum Gasteiger partial charge on any atom is 0.451 e. The van der Waals surface area contributed by atoms with Gasteiger partial charge < -0.3 is 24.3 Å². The number of carbonyl (C=O) groups is 2. The molecule has 9 nitrogen and oxygen atoms in total. The molecule has 2 heterocycles. The Bertz CT molecular complexity index is 1500. The van der Waals surface area contributed by atoms with Gasteiger partial charge in [0.2, 0.25) is 11.7 Å². The van der Waals surface area contributed by atoms with Crippen molar-refractivity contribution in [1.82, 2.24) is 25.0 Å². The van der Waals surface area contributed by atoms with Crippen LogP contribution >= 0.6 is 0 Å². The van der Waals surface area contributed by atoms with Crippen molar-refractivity contribution < 1.29 is 45.4 Å². The minimum absolute atomic E-state index is 0.0632. The molecule has 44 heavy (non-hydrogen) atoms. The second-order valence-electron chi connectivity index (χ2n) is 11.3. The number of ether oxygens (including phenoxy) is 2. The average Bonchev–Trinajstić information content (AvgIpc) is 3.36. The van der Waals surface area contributed by atoms with Crippen LogP contribution in [0.15, 0.2) is 36.4 Å². The molecule has 2 aromatic carbocycles. The molecular weight excluding hydrogens is 596 g/mol. The van der Waals surface area contributed by atoms with E-state index in [4.69, 9.17) is 9.47 Å². The Morgan fingerprint density at radius 3 is 2.27 bits per heavy atom. The molecule has 1 aliphatic heterocycles. The standard InChI is InChI=1S/C29H31F6N5O4/c1-28(2,3)44-27(42)36-18(12-17-13-21(31)22(32)15-20(17)30)14-24(41)39-9-10-40-25(37-38-26(40)29(33,34)35)23(39)11-16-5-7-19(43-4)8-6-16/h5-8,13,15,18,23H,9-12,14H2,1-4H3,(H,36,42)/t18-,23+/m1/s1. The highest BCUT2D eigenvalue weighted by Crippen LogP contribution is 2.35. The topological polar surface area (TPSA) is 98.6 Å². The molecule has 3 aromatic rings. The lowest BCUT2D eigenvalue weighted by atomic mass is 9.98. The zero-order valence-corrected chi connectivity index (χ0v) is 24.3. The molecule has 0 unspecified atom stereocenters. The second kappa shape index (κ2) is 12.7. The number of hydrogen-bond donors (Lipinski definition) is 1. The van der Waals surface area contributed by atoms with E-state index in [0.29, 0.717) is 23.4 Å². The van der Waals surface area contributed by atoms with E-state index in [1.807, 2.05) is 0 Å². The molecular formula is C29H31F6N5O4. The van der Waals surface area contributed by atoms with Crippen molar-refractivity contribution in [2.24, 2.45) is 0 Å². The summed E-state index contributed by atoms with van der Waals surface area (Å²) in [6.45, 7) is 4.39. The molecule has 15 heteroatoms. The Morgan fingerprint density at radius 2 is 1.66 bits per heavy atom. The van der Waals surface area contributed by atoms with Crippen molar-refractivity contribution in [3.63, 3.8) is 0 Å². The van der Waals surface area contributed by atoms with Gasteiger partial charge in [0.05, 0.1) is 13.2 Å². The number of aromatic nitrogens is 3. The van der Waals surface area contributed by atoms with Gasteiger partial charge in [0.15, 0.2) is 17.5 Å². The monoisotopic (exact) mass is 627 g/mol. The summed E-state index contributed by atoms with van der Waals surface area (Å²) in [6, 6.07) is 5.55. The molecule has 1 aromatic heterocycles. The Labute approximate surface area is 249 Å². The van der Waals surface area contributed by atoms with Crippen molar-refractivity contribution in [2.75, 3.05) is 13.7 Å². The molecule has 2 atom stereocenters. The van der Waals surface area contributed by atoms with Crippen LogP contribution in [0, 0.1) is 17.5 Å². The Kier molecular flexibility index (Phi) is 9.44. The van der Waals surface area contributed by atoms with E-state index >= 15 is 0 Å². The Hall–Kier alpha value is -4.30. The summed E-state index contributed by atoms with van der Waals surface area (Å²) in [4.78, 5) is 27.7. The fraction of sp³-hybridized carbons (Fsp3) is 0.448. The quantitative estimate of drug-likeness (QED) is 0.266. The number of halogens is 6. The van der Waals surface area contributed by atoms with Gasteiger partial charge >= 0.3 is 12.3 Å². The molecule has 4 rings (SSSR count). The molecule has 0 radical (unpaired) electrons. The number of benzene rings is 2. The first-order valence-corrected chi connectivity index (χ1v) is 13.6. The van der Waals surface area contributed by atoms with E-state index in [-0.39, 0.29) is 30.9 Å². The zero-order chi connectivity index (χ0) is 32.4. The number of rotatable bonds is 8. The summed E-state index contributed by atoms with van der Waals surface area (Å²) in [5, 5.41) is 9.62. The number of alkyl carbamates (subject to hydrolysis) is 1. The predicted octanol–water partition coefficient (Wildman–Crippen LogP) is 5.37. The molecule has 0 bridgehead atoms. The molecule has 0 fully saturated rings. The third-order valence-electron chi connectivity index (χ3n) is 6.88. The lowest BCUT2D eigenvalue weighted by Crippen LogP contribution is -2.48. The van der Waals surface area contributed by atoms with Gasteiger partial charge in [0.25, 0.3) is 0 Å². The highest BCUT2D eigenvalue weighted by atomic mass is 19.4. The molecule has 0 saturated carbocycles. The summed E-state index contributed by atoms with van der Waals surface area (Å²) in [6.07, 6.45) is -6.55. The minimum Gasteiger partial charge on any atom is -0.497 e. The smallest absolute Gasteiger partial charge is 0.451 e. The van der Waals surface area contributed by atoms with Crippen LogP contribution in [-0.2, 0) is 35.1 Å². The zero-order valence-electron chi connectivity index (χ0n) is 24.3. The Balaban J connectivity index is 1.65. The number of fused-ring (bicyclic) bond motifs is 1. The fourth-order valence-corrected chi connectivity index (χ4v) is 4.94. The third kappa shape index (κ3) is 7.80. The maximum atomic E-state index is 14.5. The van der Waals surface area contributed by atoms with Crippen LogP contribution in [0.25, 0.3) is 0 Å². The normalized spacial score (nSPS) is 15.9. The summed E-state index contributed by atoms with van der Waals surface area (Å²) >= 11 is 0. The van der Waals surface area contributed by atoms with Crippen LogP contribution in [0.4, 0.5) is 31.1 Å². The van der Waals surface area contributed by atoms with Crippen LogP contribution in [0.5, 0.6) is 5.75 Å². The number of methoxy groups -OCH3 is 1. The lowest BCUT2D eigenvalue weighted by Gasteiger charge is -2.37. The van der Waals surface area contributed by atoms with E-state index in [2.05, 4.69) is 15.5 Å². The van der Waals surface area contributed by atoms with Crippen LogP contribution in [0.1, 0.15) is 56.0 Å². The van der Waals surface area contributed by atoms with Gasteiger partial charge in [-0.15, -0.1) is 10.2 Å². The van der Waals surface area contributed by atoms with E-state index in [1.54, 1.807) is 45.0 Å². The van der Waals surface area contributed by atoms with Gasteiger partial charge in [-0.2, -0.15) is 13.2 Å². The number of hydrogen-bond acceptors (Lipinski definition) is 6. The first-order chi connectivity index (χ1) is 20.6. The summed E-state index contributed by atoms with van der Waals surface area (Å²) in [5.74, 6) is -5.16. The van der Waals surface area contributed by atoms with Crippen LogP contribution in [0.3, 0.4) is 0 Å². The van der Waals surface area contributed by atoms with Crippen molar-refractivity contribution in [3.8, 4) is 5.75 Å². The third-order valence-corrected chi connectivity index (χ3v) is 6.88. The molecule has 1 aliphatic rings. The van der Waals surface area contributed by atoms with Gasteiger partial charge in [0, 0.05) is 38.0 Å². The molecule has 0 saturated heterocycles. The predicted molar refractivity (Wildman–Crippen MR) is 144 cm³/mol. The van der Waals surface area contributed by atoms with Crippen LogP contribution < -0.4 is 10.1 Å². The molecule has 2 amide bonds. The van der Waals surface area contributed by atoms with Crippen LogP contribution in [-0.4, -0.2) is 57.0 Å². The Morgan fingerprint density at radius 1 is 1.00 bits per heavy atom. The average molecular weight is 628 g/mol. The van der Waals surface area contributed by atoms with Crippen molar-refractivity contribution in [2.45, 2.75) is 70.4 Å². The van der Waals surface area contributed by atoms with Crippen LogP contribution in [0.2, 0.25) is 0 Å². The van der Waals surface area contributed by atoms with Gasteiger partial charge in [-0.3, -0.25) is 4.79 Å². The van der Waals surface area contributed by atoms with E-state index in [9.17, 15) is 35.9 Å². The van der Waals surface area contributed by atoms with Crippen molar-refractivity contribution >= 4 is 12.0 Å². The number of alkyl halides is 3. The summed E-state index contributed by atoms with van der Waals surface area (Å²) < 4.78 is 94.4. The number of carbonyl (C=O) groups excluding carboxylic acids is 2. The van der Waals surface area contributed by atoms with E-state index in [1.165, 1.54) is 12.0 Å². The molecule has 238 valence electrons. The largest absolute Gasteiger partial charge is 0.497 e. The molecule has 0 spiro atoms. The van der Waals surface area contributed by atoms with Crippen molar-refractivity contribution in [1.29, 1.82) is 0 Å². The SMILES string of the molecule is COc1ccc(C[C@H]2c3nnc(C(F)(F)F)n3CCN2C(=O)C[C@@H](Cc2cc(F)c(F)cc2F)NC(=O)OC(C)(C)C)cc1. The number of amides is 2. The number of nitrogens with one attached hydrogen (secondary N) is 1. The summed E-state index contributed by atoms with van der Waals surface area (Å²) in [7, 11) is 1.48. The fourth-order valence-electron chi connectivity index (χ4n) is 4.94. The van der Waals surface area contributed by atoms with Gasteiger partial charge in [-0.05, 0) is 56.5 Å². The highest BCUT2D eigenvalue weighted by molar-refractivity contribution is 5.78. The van der Waals surface area contributed by atoms with E-state index < -0.39 is 72.0 Å². The van der Waals surface area contributed by atoms with Gasteiger partial charge in [-0.25, -0.2) is 18.0 Å². The maximum absolute atomic E-state index is 14.5. The van der Waals surface area contributed by atoms with E-state index in [0.717, 1.165) is 4.57 Å².